The van der Waals surface area contributed by atoms with Crippen LogP contribution in [-0.2, 0) is 9.59 Å². The number of nitrogens with zero attached hydrogens (tertiary/aromatic N) is 1. The Kier molecular flexibility index (Phi) is 4.09. The van der Waals surface area contributed by atoms with Crippen LogP contribution in [0.1, 0.15) is 25.7 Å². The van der Waals surface area contributed by atoms with Crippen molar-refractivity contribution in [2.24, 2.45) is 11.8 Å². The van der Waals surface area contributed by atoms with Gasteiger partial charge in [-0.1, -0.05) is 6.07 Å². The lowest BCUT2D eigenvalue weighted by molar-refractivity contribution is -0.134. The summed E-state index contributed by atoms with van der Waals surface area (Å²) in [5.74, 6) is -2.93. The van der Waals surface area contributed by atoms with Crippen LogP contribution < -0.4 is 5.32 Å². The highest BCUT2D eigenvalue weighted by molar-refractivity contribution is 5.99. The fraction of sp³-hybridized carbons (Fsp3) is 0.500. The van der Waals surface area contributed by atoms with Gasteiger partial charge in [0.2, 0.25) is 11.8 Å². The van der Waals surface area contributed by atoms with Crippen LogP contribution in [0.3, 0.4) is 0 Å². The highest BCUT2D eigenvalue weighted by Crippen LogP contribution is 2.41. The third-order valence-electron chi connectivity index (χ3n) is 4.32. The molecule has 22 heavy (non-hydrogen) atoms. The molecule has 0 aromatic heterocycles. The van der Waals surface area contributed by atoms with Gasteiger partial charge < -0.3 is 10.2 Å². The van der Waals surface area contributed by atoms with Gasteiger partial charge in [-0.05, 0) is 37.8 Å². The van der Waals surface area contributed by atoms with E-state index in [9.17, 15) is 18.4 Å². The smallest absolute Gasteiger partial charge is 0.228 e. The monoisotopic (exact) mass is 308 g/mol. The highest BCUT2D eigenvalue weighted by atomic mass is 19.1. The molecule has 2 aliphatic rings. The number of anilines is 1. The molecule has 1 heterocycles. The van der Waals surface area contributed by atoms with Crippen molar-refractivity contribution in [3.05, 3.63) is 29.8 Å². The van der Waals surface area contributed by atoms with Gasteiger partial charge in [0.1, 0.15) is 17.3 Å². The first-order chi connectivity index (χ1) is 10.6. The Bertz CT molecular complexity index is 580. The van der Waals surface area contributed by atoms with E-state index in [0.717, 1.165) is 44.5 Å². The van der Waals surface area contributed by atoms with E-state index in [-0.39, 0.29) is 11.8 Å². The van der Waals surface area contributed by atoms with E-state index in [1.54, 1.807) is 4.90 Å². The van der Waals surface area contributed by atoms with Gasteiger partial charge in [-0.25, -0.2) is 8.78 Å². The zero-order chi connectivity index (χ0) is 15.7. The first kappa shape index (κ1) is 14.9. The molecule has 118 valence electrons. The molecule has 2 unspecified atom stereocenters. The summed E-state index contributed by atoms with van der Waals surface area (Å²) in [6, 6.07) is 3.41. The van der Waals surface area contributed by atoms with Crippen molar-refractivity contribution in [1.29, 1.82) is 0 Å². The predicted octanol–water partition coefficient (Wildman–Crippen LogP) is 2.55. The largest absolute Gasteiger partial charge is 0.342 e. The summed E-state index contributed by atoms with van der Waals surface area (Å²) < 4.78 is 27.0. The van der Waals surface area contributed by atoms with Gasteiger partial charge in [0.25, 0.3) is 0 Å². The molecule has 2 fully saturated rings. The minimum absolute atomic E-state index is 0.00569. The Morgan fingerprint density at radius 1 is 1.05 bits per heavy atom. The molecule has 1 aliphatic carbocycles. The fourth-order valence-electron chi connectivity index (χ4n) is 2.94. The van der Waals surface area contributed by atoms with Crippen molar-refractivity contribution < 1.29 is 18.4 Å². The Morgan fingerprint density at radius 3 is 2.32 bits per heavy atom. The molecule has 2 amide bonds. The van der Waals surface area contributed by atoms with E-state index >= 15 is 0 Å². The average Bonchev–Trinajstić information content (AvgIpc) is 3.32. The molecule has 1 aromatic rings. The Balaban J connectivity index is 1.60. The number of benzene rings is 1. The van der Waals surface area contributed by atoms with E-state index in [0.29, 0.717) is 6.42 Å². The van der Waals surface area contributed by atoms with Crippen LogP contribution in [0.25, 0.3) is 0 Å². The van der Waals surface area contributed by atoms with Crippen molar-refractivity contribution in [3.63, 3.8) is 0 Å². The summed E-state index contributed by atoms with van der Waals surface area (Å²) in [5, 5.41) is 2.27. The highest BCUT2D eigenvalue weighted by Gasteiger charge is 2.49. The minimum atomic E-state index is -0.812. The van der Waals surface area contributed by atoms with Gasteiger partial charge >= 0.3 is 0 Å². The number of halogens is 2. The van der Waals surface area contributed by atoms with Crippen LogP contribution in [-0.4, -0.2) is 29.8 Å². The topological polar surface area (TPSA) is 49.4 Å². The summed E-state index contributed by atoms with van der Waals surface area (Å²) in [7, 11) is 0. The number of carbonyl (C=O) groups excluding carboxylic acids is 2. The molecule has 4 nitrogen and oxygen atoms in total. The standard InChI is InChI=1S/C16H18F2N2O2/c17-12-5-4-6-13(18)14(12)19-15(21)10-9-11(10)16(22)20-7-2-1-3-8-20/h4-6,10-11H,1-3,7-9H2,(H,19,21). The summed E-state index contributed by atoms with van der Waals surface area (Å²) in [6.45, 7) is 1.48. The van der Waals surface area contributed by atoms with E-state index < -0.39 is 29.1 Å². The molecule has 1 aromatic carbocycles. The van der Waals surface area contributed by atoms with Crippen LogP contribution in [0.2, 0.25) is 0 Å². The first-order valence-electron chi connectivity index (χ1n) is 7.61. The molecule has 1 saturated carbocycles. The zero-order valence-electron chi connectivity index (χ0n) is 12.1. The van der Waals surface area contributed by atoms with E-state index in [1.807, 2.05) is 0 Å². The lowest BCUT2D eigenvalue weighted by atomic mass is 10.1. The first-order valence-corrected chi connectivity index (χ1v) is 7.61. The maximum atomic E-state index is 13.5. The van der Waals surface area contributed by atoms with Gasteiger partial charge in [0.05, 0.1) is 11.8 Å². The Morgan fingerprint density at radius 2 is 1.68 bits per heavy atom. The fourth-order valence-corrected chi connectivity index (χ4v) is 2.94. The second kappa shape index (κ2) is 6.02. The molecule has 6 heteroatoms. The summed E-state index contributed by atoms with van der Waals surface area (Å²) in [4.78, 5) is 26.1. The SMILES string of the molecule is O=C(Nc1c(F)cccc1F)C1CC1C(=O)N1CCCCC1. The molecule has 1 N–H and O–H groups in total. The number of para-hydroxylation sites is 1. The minimum Gasteiger partial charge on any atom is -0.342 e. The van der Waals surface area contributed by atoms with Gasteiger partial charge in [0.15, 0.2) is 0 Å². The number of rotatable bonds is 3. The maximum Gasteiger partial charge on any atom is 0.228 e. The Hall–Kier alpha value is -1.98. The normalized spacial score (nSPS) is 24.0. The number of carbonyl (C=O) groups is 2. The number of amides is 2. The van der Waals surface area contributed by atoms with Crippen molar-refractivity contribution in [3.8, 4) is 0 Å². The van der Waals surface area contributed by atoms with Crippen molar-refractivity contribution >= 4 is 17.5 Å². The molecular formula is C16H18F2N2O2. The maximum absolute atomic E-state index is 13.5. The van der Waals surface area contributed by atoms with Crippen LogP contribution in [0.15, 0.2) is 18.2 Å². The van der Waals surface area contributed by atoms with E-state index in [2.05, 4.69) is 5.32 Å². The number of piperidine rings is 1. The van der Waals surface area contributed by atoms with Crippen molar-refractivity contribution in [2.45, 2.75) is 25.7 Å². The van der Waals surface area contributed by atoms with E-state index in [1.165, 1.54) is 6.07 Å². The summed E-state index contributed by atoms with van der Waals surface area (Å²) in [5.41, 5.74) is -0.441. The molecule has 0 radical (unpaired) electrons. The quantitative estimate of drug-likeness (QED) is 0.933. The van der Waals surface area contributed by atoms with Gasteiger partial charge in [-0.2, -0.15) is 0 Å². The predicted molar refractivity (Wildman–Crippen MR) is 77.0 cm³/mol. The van der Waals surface area contributed by atoms with E-state index in [4.69, 9.17) is 0 Å². The number of nitrogens with one attached hydrogen (secondary N) is 1. The molecule has 2 atom stereocenters. The van der Waals surface area contributed by atoms with Crippen molar-refractivity contribution in [1.82, 2.24) is 4.90 Å². The lowest BCUT2D eigenvalue weighted by Gasteiger charge is -2.26. The van der Waals surface area contributed by atoms with Crippen LogP contribution in [0.4, 0.5) is 14.5 Å². The molecule has 0 bridgehead atoms. The number of hydrogen-bond acceptors (Lipinski definition) is 2. The third kappa shape index (κ3) is 2.96. The van der Waals surface area contributed by atoms with Gasteiger partial charge in [-0.15, -0.1) is 0 Å². The van der Waals surface area contributed by atoms with Crippen LogP contribution in [0, 0.1) is 23.5 Å². The van der Waals surface area contributed by atoms with Crippen LogP contribution >= 0.6 is 0 Å². The number of hydrogen-bond donors (Lipinski definition) is 1. The Labute approximate surface area is 127 Å². The summed E-state index contributed by atoms with van der Waals surface area (Å²) in [6.07, 6.45) is 3.58. The molecular weight excluding hydrogens is 290 g/mol. The third-order valence-corrected chi connectivity index (χ3v) is 4.32. The van der Waals surface area contributed by atoms with Crippen molar-refractivity contribution in [2.75, 3.05) is 18.4 Å². The van der Waals surface area contributed by atoms with Crippen LogP contribution in [0.5, 0.6) is 0 Å². The zero-order valence-corrected chi connectivity index (χ0v) is 12.1. The van der Waals surface area contributed by atoms with Gasteiger partial charge in [0, 0.05) is 13.1 Å². The van der Waals surface area contributed by atoms with Gasteiger partial charge in [-0.3, -0.25) is 9.59 Å². The molecule has 3 rings (SSSR count). The average molecular weight is 308 g/mol. The second-order valence-corrected chi connectivity index (χ2v) is 5.92. The number of likely N-dealkylation sites (tertiary alicyclic amines) is 1. The second-order valence-electron chi connectivity index (χ2n) is 5.92. The lowest BCUT2D eigenvalue weighted by Crippen LogP contribution is -2.37. The molecule has 0 spiro atoms. The molecule has 1 saturated heterocycles. The summed E-state index contributed by atoms with van der Waals surface area (Å²) >= 11 is 0. The molecule has 1 aliphatic heterocycles.